The smallest absolute Gasteiger partial charge is 0.335 e. The number of hydrogen-bond acceptors (Lipinski definition) is 2. The molecule has 0 aromatic carbocycles. The summed E-state index contributed by atoms with van der Waals surface area (Å²) in [7, 11) is 0. The Labute approximate surface area is 113 Å². The van der Waals surface area contributed by atoms with E-state index < -0.39 is 48.7 Å². The number of alkyl halides is 12. The van der Waals surface area contributed by atoms with Gasteiger partial charge in [-0.2, -0.15) is 48.3 Å². The van der Waals surface area contributed by atoms with Gasteiger partial charge in [-0.1, -0.05) is 0 Å². The van der Waals surface area contributed by atoms with E-state index >= 15 is 0 Å². The van der Waals surface area contributed by atoms with Crippen molar-refractivity contribution in [1.82, 2.24) is 0 Å². The van der Waals surface area contributed by atoms with Gasteiger partial charge in [0, 0.05) is 0 Å². The van der Waals surface area contributed by atoms with Crippen LogP contribution in [0.15, 0.2) is 0 Å². The third kappa shape index (κ3) is 2.49. The van der Waals surface area contributed by atoms with E-state index in [9.17, 15) is 52.7 Å². The van der Waals surface area contributed by atoms with Gasteiger partial charge in [0.2, 0.25) is 0 Å². The molecule has 0 saturated carbocycles. The Morgan fingerprint density at radius 2 is 0.864 bits per heavy atom. The van der Waals surface area contributed by atoms with Crippen molar-refractivity contribution >= 4 is 0 Å². The minimum absolute atomic E-state index is 0.461. The molecule has 22 heavy (non-hydrogen) atoms. The zero-order valence-corrected chi connectivity index (χ0v) is 10.0. The predicted octanol–water partition coefficient (Wildman–Crippen LogP) is 3.13. The molecule has 0 aromatic rings. The second-order valence-corrected chi connectivity index (χ2v) is 4.12. The molecule has 0 aliphatic rings. The number of halogens is 12. The topological polar surface area (TPSA) is 40.5 Å². The maximum atomic E-state index is 12.8. The molecule has 0 aliphatic heterocycles. The average Bonchev–Trinajstić information content (AvgIpc) is 2.25. The van der Waals surface area contributed by atoms with Crippen molar-refractivity contribution in [2.75, 3.05) is 0 Å². The van der Waals surface area contributed by atoms with Gasteiger partial charge in [-0.3, -0.25) is 0 Å². The van der Waals surface area contributed by atoms with Crippen LogP contribution in [0.3, 0.4) is 0 Å². The van der Waals surface area contributed by atoms with Crippen LogP contribution in [-0.2, 0) is 0 Å². The van der Waals surface area contributed by atoms with Crippen LogP contribution in [0.5, 0.6) is 0 Å². The van der Waals surface area contributed by atoms with E-state index in [1.807, 2.05) is 0 Å². The zero-order chi connectivity index (χ0) is 18.6. The van der Waals surface area contributed by atoms with Crippen molar-refractivity contribution in [2.24, 2.45) is 0 Å². The molecule has 0 fully saturated rings. The summed E-state index contributed by atoms with van der Waals surface area (Å²) in [6.45, 7) is -0.461. The van der Waals surface area contributed by atoms with Crippen molar-refractivity contribution in [3.8, 4) is 0 Å². The van der Waals surface area contributed by atoms with Crippen LogP contribution in [0.25, 0.3) is 0 Å². The number of hydrogen-bond donors (Lipinski definition) is 2. The van der Waals surface area contributed by atoms with Crippen LogP contribution in [0.2, 0.25) is 0 Å². The molecule has 0 spiro atoms. The minimum atomic E-state index is -7.77. The van der Waals surface area contributed by atoms with Crippen molar-refractivity contribution < 1.29 is 62.9 Å². The predicted molar refractivity (Wildman–Crippen MR) is 43.6 cm³/mol. The van der Waals surface area contributed by atoms with Gasteiger partial charge in [0.25, 0.3) is 0 Å². The molecule has 2 N–H and O–H groups in total. The standard InChI is InChI=1S/C8H6F12O2/c1-2(9)3(10,11)4(12,13)5(14,15)6(16,17)7(18,19)8(20,21)22/h2,21-22H,1H3. The lowest BCUT2D eigenvalue weighted by Crippen LogP contribution is -2.72. The highest BCUT2D eigenvalue weighted by atomic mass is 19.4. The summed E-state index contributed by atoms with van der Waals surface area (Å²) >= 11 is 0. The first-order valence-corrected chi connectivity index (χ1v) is 4.86. The van der Waals surface area contributed by atoms with Crippen molar-refractivity contribution in [3.05, 3.63) is 0 Å². The van der Waals surface area contributed by atoms with Crippen LogP contribution in [0, 0.1) is 0 Å². The molecular weight excluding hydrogens is 356 g/mol. The Hall–Kier alpha value is -0.920. The summed E-state index contributed by atoms with van der Waals surface area (Å²) in [6, 6.07) is -6.47. The number of aliphatic hydroxyl groups is 2. The molecule has 14 heteroatoms. The molecule has 134 valence electrons. The van der Waals surface area contributed by atoms with Crippen LogP contribution in [0.4, 0.5) is 52.7 Å². The van der Waals surface area contributed by atoms with E-state index in [1.165, 1.54) is 0 Å². The SMILES string of the molecule is CC(F)C(F)(F)C(F)(F)C(F)(F)C(F)(F)C(F)(F)C(O)(O)F. The van der Waals surface area contributed by atoms with E-state index in [0.29, 0.717) is 0 Å². The maximum absolute atomic E-state index is 12.8. The summed E-state index contributed by atoms with van der Waals surface area (Å²) < 4.78 is 152. The third-order valence-electron chi connectivity index (χ3n) is 2.50. The van der Waals surface area contributed by atoms with E-state index in [4.69, 9.17) is 10.2 Å². The molecule has 1 unspecified atom stereocenters. The molecule has 0 saturated heterocycles. The summed E-state index contributed by atoms with van der Waals surface area (Å²) in [5, 5.41) is 15.3. The highest BCUT2D eigenvalue weighted by Crippen LogP contribution is 2.59. The molecule has 0 amide bonds. The Balaban J connectivity index is 6.24. The molecular formula is C8H6F12O2. The Morgan fingerprint density at radius 1 is 0.591 bits per heavy atom. The lowest BCUT2D eigenvalue weighted by molar-refractivity contribution is -0.468. The highest BCUT2D eigenvalue weighted by Gasteiger charge is 2.90. The quantitative estimate of drug-likeness (QED) is 0.563. The summed E-state index contributed by atoms with van der Waals surface area (Å²) in [4.78, 5) is 0. The van der Waals surface area contributed by atoms with Gasteiger partial charge in [-0.25, -0.2) is 4.39 Å². The normalized spacial score (nSPS) is 17.6. The zero-order valence-electron chi connectivity index (χ0n) is 10.0. The van der Waals surface area contributed by atoms with Gasteiger partial charge in [0.1, 0.15) is 0 Å². The van der Waals surface area contributed by atoms with Crippen LogP contribution in [0.1, 0.15) is 6.92 Å². The minimum Gasteiger partial charge on any atom is -0.335 e. The van der Waals surface area contributed by atoms with E-state index in [2.05, 4.69) is 0 Å². The van der Waals surface area contributed by atoms with Crippen molar-refractivity contribution in [3.63, 3.8) is 0 Å². The molecule has 1 atom stereocenters. The van der Waals surface area contributed by atoms with Gasteiger partial charge in [0.15, 0.2) is 6.17 Å². The number of rotatable bonds is 6. The van der Waals surface area contributed by atoms with E-state index in [-0.39, 0.29) is 0 Å². The second-order valence-electron chi connectivity index (χ2n) is 4.12. The highest BCUT2D eigenvalue weighted by molar-refractivity contribution is 5.10. The van der Waals surface area contributed by atoms with E-state index in [1.54, 1.807) is 0 Å². The summed E-state index contributed by atoms with van der Waals surface area (Å²) in [5.74, 6) is -36.9. The molecule has 0 aromatic heterocycles. The fraction of sp³-hybridized carbons (Fsp3) is 1.00. The maximum Gasteiger partial charge on any atom is 0.400 e. The average molecular weight is 362 g/mol. The van der Waals surface area contributed by atoms with Crippen LogP contribution >= 0.6 is 0 Å². The monoisotopic (exact) mass is 362 g/mol. The van der Waals surface area contributed by atoms with Gasteiger partial charge < -0.3 is 10.2 Å². The lowest BCUT2D eigenvalue weighted by atomic mass is 9.92. The Kier molecular flexibility index (Phi) is 4.83. The summed E-state index contributed by atoms with van der Waals surface area (Å²) in [6.07, 6.45) is -4.20. The summed E-state index contributed by atoms with van der Waals surface area (Å²) in [5.41, 5.74) is 0. The largest absolute Gasteiger partial charge is 0.400 e. The van der Waals surface area contributed by atoms with Crippen molar-refractivity contribution in [2.45, 2.75) is 48.7 Å². The molecule has 2 nitrogen and oxygen atoms in total. The molecule has 0 radical (unpaired) electrons. The lowest BCUT2D eigenvalue weighted by Gasteiger charge is -2.40. The second kappa shape index (κ2) is 5.04. The Bertz CT molecular complexity index is 410. The first-order valence-electron chi connectivity index (χ1n) is 4.86. The van der Waals surface area contributed by atoms with Gasteiger partial charge in [0.05, 0.1) is 0 Å². The molecule has 0 rings (SSSR count). The molecule has 0 bridgehead atoms. The van der Waals surface area contributed by atoms with Crippen LogP contribution < -0.4 is 0 Å². The first-order chi connectivity index (χ1) is 9.19. The van der Waals surface area contributed by atoms with Gasteiger partial charge >= 0.3 is 35.7 Å². The third-order valence-corrected chi connectivity index (χ3v) is 2.50. The van der Waals surface area contributed by atoms with Crippen LogP contribution in [-0.4, -0.2) is 52.0 Å². The fourth-order valence-corrected chi connectivity index (χ4v) is 1.05. The molecule has 0 aliphatic carbocycles. The van der Waals surface area contributed by atoms with Crippen molar-refractivity contribution in [1.29, 1.82) is 0 Å². The van der Waals surface area contributed by atoms with E-state index in [0.717, 1.165) is 0 Å². The fourth-order valence-electron chi connectivity index (χ4n) is 1.05. The first kappa shape index (κ1) is 21.1. The van der Waals surface area contributed by atoms with Gasteiger partial charge in [-0.15, -0.1) is 0 Å². The molecule has 0 heterocycles. The van der Waals surface area contributed by atoms with Gasteiger partial charge in [-0.05, 0) is 6.92 Å². The Morgan fingerprint density at radius 3 is 1.09 bits per heavy atom.